The lowest BCUT2D eigenvalue weighted by Gasteiger charge is -2.03. The van der Waals surface area contributed by atoms with Crippen molar-refractivity contribution in [2.24, 2.45) is 0 Å². The van der Waals surface area contributed by atoms with Crippen molar-refractivity contribution in [3.63, 3.8) is 0 Å². The van der Waals surface area contributed by atoms with Gasteiger partial charge in [0.05, 0.1) is 5.56 Å². The molecule has 13 heavy (non-hydrogen) atoms. The lowest BCUT2D eigenvalue weighted by atomic mass is 10.0. The van der Waals surface area contributed by atoms with Crippen LogP contribution < -0.4 is 0 Å². The first-order valence-electron chi connectivity index (χ1n) is 3.84. The number of halogens is 1. The molecule has 2 nitrogen and oxygen atoms in total. The van der Waals surface area contributed by atoms with E-state index in [-0.39, 0.29) is 11.5 Å². The van der Waals surface area contributed by atoms with Crippen LogP contribution in [-0.4, -0.2) is 6.29 Å². The van der Waals surface area contributed by atoms with Crippen molar-refractivity contribution in [1.29, 1.82) is 5.26 Å². The molecule has 1 atom stereocenters. The summed E-state index contributed by atoms with van der Waals surface area (Å²) in [5.74, 6) is -0.907. The van der Waals surface area contributed by atoms with E-state index in [0.29, 0.717) is 5.56 Å². The van der Waals surface area contributed by atoms with E-state index in [9.17, 15) is 9.18 Å². The third kappa shape index (κ3) is 1.91. The molecule has 0 aliphatic carbocycles. The molecular weight excluding hydrogens is 169 g/mol. The van der Waals surface area contributed by atoms with Crippen LogP contribution >= 0.6 is 0 Å². The molecule has 0 aliphatic heterocycles. The molecule has 0 fully saturated rings. The molecule has 3 heteroatoms. The fraction of sp³-hybridized carbons (Fsp3) is 0.200. The highest BCUT2D eigenvalue weighted by Gasteiger charge is 2.07. The first kappa shape index (κ1) is 9.40. The lowest BCUT2D eigenvalue weighted by Crippen LogP contribution is -1.96. The minimum Gasteiger partial charge on any atom is -0.303 e. The topological polar surface area (TPSA) is 40.9 Å². The van der Waals surface area contributed by atoms with Gasteiger partial charge in [-0.1, -0.05) is 13.0 Å². The van der Waals surface area contributed by atoms with E-state index < -0.39 is 5.82 Å². The molecule has 66 valence electrons. The van der Waals surface area contributed by atoms with E-state index in [1.165, 1.54) is 12.1 Å². The fourth-order valence-corrected chi connectivity index (χ4v) is 0.984. The Morgan fingerprint density at radius 1 is 1.62 bits per heavy atom. The maximum atomic E-state index is 13.0. The Hall–Kier alpha value is -1.69. The molecule has 0 heterocycles. The monoisotopic (exact) mass is 177 g/mol. The number of carbonyl (C=O) groups is 1. The number of carbonyl (C=O) groups excluding carboxylic acids is 1. The second-order valence-corrected chi connectivity index (χ2v) is 2.78. The molecule has 0 spiro atoms. The predicted molar refractivity (Wildman–Crippen MR) is 45.6 cm³/mol. The van der Waals surface area contributed by atoms with Crippen LogP contribution in [0.4, 0.5) is 4.39 Å². The van der Waals surface area contributed by atoms with E-state index in [4.69, 9.17) is 5.26 Å². The van der Waals surface area contributed by atoms with Crippen LogP contribution in [-0.2, 0) is 4.79 Å². The van der Waals surface area contributed by atoms with Gasteiger partial charge in [0.25, 0.3) is 0 Å². The molecule has 0 aromatic heterocycles. The Labute approximate surface area is 75.6 Å². The van der Waals surface area contributed by atoms with Gasteiger partial charge in [-0.05, 0) is 17.7 Å². The average Bonchev–Trinajstić information content (AvgIpc) is 2.16. The number of aldehydes is 1. The number of hydrogen-bond donors (Lipinski definition) is 0. The summed E-state index contributed by atoms with van der Waals surface area (Å²) in [4.78, 5) is 10.4. The summed E-state index contributed by atoms with van der Waals surface area (Å²) in [5, 5.41) is 8.45. The van der Waals surface area contributed by atoms with Gasteiger partial charge in [0, 0.05) is 5.92 Å². The summed E-state index contributed by atoms with van der Waals surface area (Å²) in [5.41, 5.74) is 0.591. The van der Waals surface area contributed by atoms with E-state index in [2.05, 4.69) is 0 Å². The summed E-state index contributed by atoms with van der Waals surface area (Å²) >= 11 is 0. The zero-order valence-corrected chi connectivity index (χ0v) is 7.12. The van der Waals surface area contributed by atoms with Crippen LogP contribution in [0.25, 0.3) is 0 Å². The van der Waals surface area contributed by atoms with Crippen LogP contribution in [0.5, 0.6) is 0 Å². The molecular formula is C10H8FNO. The van der Waals surface area contributed by atoms with Crippen molar-refractivity contribution in [3.8, 4) is 6.07 Å². The fourth-order valence-electron chi connectivity index (χ4n) is 0.984. The molecule has 0 bridgehead atoms. The minimum absolute atomic E-state index is 0.00171. The first-order valence-corrected chi connectivity index (χ1v) is 3.84. The zero-order chi connectivity index (χ0) is 9.84. The van der Waals surface area contributed by atoms with Crippen LogP contribution in [0.2, 0.25) is 0 Å². The van der Waals surface area contributed by atoms with Gasteiger partial charge in [-0.25, -0.2) is 4.39 Å². The Kier molecular flexibility index (Phi) is 2.76. The van der Waals surface area contributed by atoms with Crippen molar-refractivity contribution >= 4 is 6.29 Å². The Balaban J connectivity index is 3.11. The van der Waals surface area contributed by atoms with Gasteiger partial charge in [-0.3, -0.25) is 0 Å². The highest BCUT2D eigenvalue weighted by atomic mass is 19.1. The molecule has 1 aromatic carbocycles. The summed E-state index contributed by atoms with van der Waals surface area (Å²) in [6.07, 6.45) is 0.737. The smallest absolute Gasteiger partial charge is 0.141 e. The average molecular weight is 177 g/mol. The number of nitrogens with zero attached hydrogens (tertiary/aromatic N) is 1. The van der Waals surface area contributed by atoms with Gasteiger partial charge in [-0.15, -0.1) is 0 Å². The molecule has 0 amide bonds. The van der Waals surface area contributed by atoms with Gasteiger partial charge in [0.1, 0.15) is 18.2 Å². The van der Waals surface area contributed by atoms with Crippen molar-refractivity contribution < 1.29 is 9.18 Å². The predicted octanol–water partition coefficient (Wildman–Crippen LogP) is 2.00. The minimum atomic E-state index is -0.575. The van der Waals surface area contributed by atoms with Gasteiger partial charge >= 0.3 is 0 Å². The SMILES string of the molecule is CC(C=O)c1ccc(C#N)c(F)c1. The molecule has 0 saturated heterocycles. The molecule has 0 saturated carbocycles. The normalized spacial score (nSPS) is 11.8. The third-order valence-electron chi connectivity index (χ3n) is 1.84. The second-order valence-electron chi connectivity index (χ2n) is 2.78. The quantitative estimate of drug-likeness (QED) is 0.648. The highest BCUT2D eigenvalue weighted by molar-refractivity contribution is 5.61. The number of rotatable bonds is 2. The summed E-state index contributed by atoms with van der Waals surface area (Å²) in [6.45, 7) is 1.67. The Morgan fingerprint density at radius 3 is 2.77 bits per heavy atom. The zero-order valence-electron chi connectivity index (χ0n) is 7.12. The third-order valence-corrected chi connectivity index (χ3v) is 1.84. The molecule has 0 N–H and O–H groups in total. The van der Waals surface area contributed by atoms with Crippen LogP contribution in [0.15, 0.2) is 18.2 Å². The first-order chi connectivity index (χ1) is 6.19. The van der Waals surface area contributed by atoms with E-state index in [1.54, 1.807) is 19.1 Å². The van der Waals surface area contributed by atoms with Crippen molar-refractivity contribution in [2.75, 3.05) is 0 Å². The molecule has 0 aliphatic rings. The maximum Gasteiger partial charge on any atom is 0.141 e. The van der Waals surface area contributed by atoms with Crippen LogP contribution in [0.3, 0.4) is 0 Å². The van der Waals surface area contributed by atoms with Crippen LogP contribution in [0.1, 0.15) is 24.0 Å². The number of nitriles is 1. The maximum absolute atomic E-state index is 13.0. The van der Waals surface area contributed by atoms with Gasteiger partial charge < -0.3 is 4.79 Å². The Bertz CT molecular complexity index is 368. The van der Waals surface area contributed by atoms with E-state index >= 15 is 0 Å². The largest absolute Gasteiger partial charge is 0.303 e. The molecule has 1 unspecified atom stereocenters. The molecule has 1 aromatic rings. The summed E-state index contributed by atoms with van der Waals surface area (Å²) < 4.78 is 13.0. The van der Waals surface area contributed by atoms with E-state index in [1.807, 2.05) is 0 Å². The number of benzene rings is 1. The van der Waals surface area contributed by atoms with Crippen molar-refractivity contribution in [3.05, 3.63) is 35.1 Å². The summed E-state index contributed by atoms with van der Waals surface area (Å²) in [7, 11) is 0. The van der Waals surface area contributed by atoms with Crippen LogP contribution in [0, 0.1) is 17.1 Å². The van der Waals surface area contributed by atoms with Crippen molar-refractivity contribution in [1.82, 2.24) is 0 Å². The second kappa shape index (κ2) is 3.81. The van der Waals surface area contributed by atoms with Gasteiger partial charge in [0.15, 0.2) is 0 Å². The van der Waals surface area contributed by atoms with Gasteiger partial charge in [0.2, 0.25) is 0 Å². The lowest BCUT2D eigenvalue weighted by molar-refractivity contribution is -0.108. The standard InChI is InChI=1S/C10H8FNO/c1-7(6-13)8-2-3-9(5-12)10(11)4-8/h2-4,6-7H,1H3. The summed E-state index contributed by atoms with van der Waals surface area (Å²) in [6, 6.07) is 5.90. The number of hydrogen-bond acceptors (Lipinski definition) is 2. The Morgan fingerprint density at radius 2 is 2.31 bits per heavy atom. The highest BCUT2D eigenvalue weighted by Crippen LogP contribution is 2.16. The molecule has 1 rings (SSSR count). The van der Waals surface area contributed by atoms with E-state index in [0.717, 1.165) is 6.29 Å². The van der Waals surface area contributed by atoms with Gasteiger partial charge in [-0.2, -0.15) is 5.26 Å². The van der Waals surface area contributed by atoms with Crippen molar-refractivity contribution in [2.45, 2.75) is 12.8 Å². The molecule has 0 radical (unpaired) electrons.